The zero-order valence-electron chi connectivity index (χ0n) is 10.1. The van der Waals surface area contributed by atoms with Crippen molar-refractivity contribution in [3.63, 3.8) is 0 Å². The van der Waals surface area contributed by atoms with E-state index in [0.29, 0.717) is 5.69 Å². The van der Waals surface area contributed by atoms with Crippen molar-refractivity contribution < 1.29 is 9.53 Å². The second-order valence-electron chi connectivity index (χ2n) is 3.98. The normalized spacial score (nSPS) is 10.3. The van der Waals surface area contributed by atoms with E-state index in [2.05, 4.69) is 16.5 Å². The maximum absolute atomic E-state index is 10.9. The third-order valence-electron chi connectivity index (χ3n) is 2.00. The van der Waals surface area contributed by atoms with E-state index in [9.17, 15) is 4.79 Å². The first-order valence-electron chi connectivity index (χ1n) is 5.13. The molecule has 0 saturated carbocycles. The van der Waals surface area contributed by atoms with Gasteiger partial charge in [-0.25, -0.2) is 9.97 Å². The number of aromatic nitrogens is 2. The van der Waals surface area contributed by atoms with Crippen LogP contribution in [0.4, 0.5) is 0 Å². The molecule has 0 N–H and O–H groups in total. The van der Waals surface area contributed by atoms with Gasteiger partial charge in [-0.2, -0.15) is 0 Å². The number of hydrogen-bond donors (Lipinski definition) is 0. The number of ether oxygens (including phenoxy) is 1. The van der Waals surface area contributed by atoms with E-state index in [1.54, 1.807) is 13.1 Å². The summed E-state index contributed by atoms with van der Waals surface area (Å²) in [5, 5.41) is 0. The van der Waals surface area contributed by atoms with Gasteiger partial charge in [0.2, 0.25) is 5.88 Å². The van der Waals surface area contributed by atoms with Gasteiger partial charge in [0.05, 0.1) is 5.69 Å². The maximum Gasteiger partial charge on any atom is 0.309 e. The van der Waals surface area contributed by atoms with Crippen LogP contribution in [0.3, 0.4) is 0 Å². The monoisotopic (exact) mass is 220 g/mol. The number of rotatable bonds is 3. The Labute approximate surface area is 95.4 Å². The van der Waals surface area contributed by atoms with Gasteiger partial charge in [-0.05, 0) is 18.4 Å². The van der Waals surface area contributed by atoms with Crippen LogP contribution in [0.2, 0.25) is 0 Å². The number of carbonyl (C=O) groups is 1. The summed E-state index contributed by atoms with van der Waals surface area (Å²) in [5.41, 5.74) is 2.04. The summed E-state index contributed by atoms with van der Waals surface area (Å²) in [6.45, 7) is 10.9. The second kappa shape index (κ2) is 4.88. The SMILES string of the molecule is C=C(C)c1ncc(C(C)C)nc1OC(C)=O. The molecule has 1 heterocycles. The Morgan fingerprint density at radius 1 is 1.44 bits per heavy atom. The molecule has 0 radical (unpaired) electrons. The molecule has 0 aliphatic rings. The van der Waals surface area contributed by atoms with Crippen molar-refractivity contribution in [1.82, 2.24) is 9.97 Å². The molecule has 0 saturated heterocycles. The number of esters is 1. The highest BCUT2D eigenvalue weighted by Gasteiger charge is 2.13. The Hall–Kier alpha value is -1.71. The van der Waals surface area contributed by atoms with Gasteiger partial charge in [-0.3, -0.25) is 4.79 Å². The Balaban J connectivity index is 3.20. The van der Waals surface area contributed by atoms with Gasteiger partial charge in [0, 0.05) is 13.1 Å². The molecule has 1 aromatic rings. The second-order valence-corrected chi connectivity index (χ2v) is 3.98. The Morgan fingerprint density at radius 3 is 2.50 bits per heavy atom. The maximum atomic E-state index is 10.9. The summed E-state index contributed by atoms with van der Waals surface area (Å²) in [7, 11) is 0. The quantitative estimate of drug-likeness (QED) is 0.734. The molecular weight excluding hydrogens is 204 g/mol. The van der Waals surface area contributed by atoms with Crippen LogP contribution in [0.15, 0.2) is 12.8 Å². The predicted octanol–water partition coefficient (Wildman–Crippen LogP) is 2.56. The highest BCUT2D eigenvalue weighted by molar-refractivity contribution is 5.71. The van der Waals surface area contributed by atoms with E-state index in [0.717, 1.165) is 11.3 Å². The molecule has 0 atom stereocenters. The van der Waals surface area contributed by atoms with E-state index in [1.165, 1.54) is 6.92 Å². The number of nitrogens with zero attached hydrogens (tertiary/aromatic N) is 2. The van der Waals surface area contributed by atoms with Gasteiger partial charge < -0.3 is 4.74 Å². The molecule has 4 nitrogen and oxygen atoms in total. The molecule has 0 aliphatic carbocycles. The van der Waals surface area contributed by atoms with Gasteiger partial charge >= 0.3 is 5.97 Å². The molecule has 0 spiro atoms. The summed E-state index contributed by atoms with van der Waals surface area (Å²) in [6.07, 6.45) is 1.68. The van der Waals surface area contributed by atoms with E-state index >= 15 is 0 Å². The first-order chi connectivity index (χ1) is 7.41. The fourth-order valence-electron chi connectivity index (χ4n) is 1.16. The molecule has 1 aromatic heterocycles. The van der Waals surface area contributed by atoms with Gasteiger partial charge in [0.1, 0.15) is 5.69 Å². The van der Waals surface area contributed by atoms with Gasteiger partial charge in [-0.15, -0.1) is 0 Å². The van der Waals surface area contributed by atoms with Crippen molar-refractivity contribution in [2.45, 2.75) is 33.6 Å². The minimum absolute atomic E-state index is 0.237. The number of carbonyl (C=O) groups excluding carboxylic acids is 1. The fourth-order valence-corrected chi connectivity index (χ4v) is 1.16. The van der Waals surface area contributed by atoms with Crippen molar-refractivity contribution in [1.29, 1.82) is 0 Å². The standard InChI is InChI=1S/C12H16N2O2/c1-7(2)10-6-13-11(8(3)4)12(14-10)16-9(5)15/h6-7H,3H2,1-2,4-5H3. The van der Waals surface area contributed by atoms with Gasteiger partial charge in [0.25, 0.3) is 0 Å². The number of hydrogen-bond acceptors (Lipinski definition) is 4. The zero-order chi connectivity index (χ0) is 12.3. The van der Waals surface area contributed by atoms with Crippen molar-refractivity contribution in [3.05, 3.63) is 24.2 Å². The lowest BCUT2D eigenvalue weighted by atomic mass is 10.1. The molecule has 86 valence electrons. The third-order valence-corrected chi connectivity index (χ3v) is 2.00. The highest BCUT2D eigenvalue weighted by atomic mass is 16.5. The molecule has 0 aliphatic heterocycles. The first kappa shape index (κ1) is 12.4. The van der Waals surface area contributed by atoms with E-state index < -0.39 is 5.97 Å². The molecule has 4 heteroatoms. The highest BCUT2D eigenvalue weighted by Crippen LogP contribution is 2.23. The third kappa shape index (κ3) is 2.89. The molecule has 0 bridgehead atoms. The molecule has 0 aromatic carbocycles. The lowest BCUT2D eigenvalue weighted by molar-refractivity contribution is -0.132. The topological polar surface area (TPSA) is 52.1 Å². The minimum atomic E-state index is -0.405. The summed E-state index contributed by atoms with van der Waals surface area (Å²) >= 11 is 0. The summed E-state index contributed by atoms with van der Waals surface area (Å²) in [6, 6.07) is 0. The van der Waals surface area contributed by atoms with Crippen LogP contribution in [0.1, 0.15) is 45.0 Å². The van der Waals surface area contributed by atoms with Crippen molar-refractivity contribution in [2.75, 3.05) is 0 Å². The number of allylic oxidation sites excluding steroid dienone is 1. The van der Waals surface area contributed by atoms with E-state index in [-0.39, 0.29) is 11.8 Å². The zero-order valence-corrected chi connectivity index (χ0v) is 10.1. The lowest BCUT2D eigenvalue weighted by Gasteiger charge is -2.10. The molecule has 0 unspecified atom stereocenters. The molecule has 16 heavy (non-hydrogen) atoms. The summed E-state index contributed by atoms with van der Waals surface area (Å²) in [4.78, 5) is 19.4. The molecule has 1 rings (SSSR count). The van der Waals surface area contributed by atoms with E-state index in [1.807, 2.05) is 13.8 Å². The van der Waals surface area contributed by atoms with Crippen LogP contribution in [0.25, 0.3) is 5.57 Å². The van der Waals surface area contributed by atoms with Crippen LogP contribution in [0.5, 0.6) is 5.88 Å². The predicted molar refractivity (Wildman–Crippen MR) is 62.1 cm³/mol. The van der Waals surface area contributed by atoms with Crippen LogP contribution in [-0.2, 0) is 4.79 Å². The molecular formula is C12H16N2O2. The van der Waals surface area contributed by atoms with Crippen molar-refractivity contribution in [3.8, 4) is 5.88 Å². The molecule has 0 fully saturated rings. The Kier molecular flexibility index (Phi) is 3.77. The average molecular weight is 220 g/mol. The van der Waals surface area contributed by atoms with Crippen LogP contribution in [0, 0.1) is 0 Å². The molecule has 0 amide bonds. The Morgan fingerprint density at radius 2 is 2.06 bits per heavy atom. The first-order valence-corrected chi connectivity index (χ1v) is 5.13. The Bertz CT molecular complexity index is 425. The van der Waals surface area contributed by atoms with Crippen LogP contribution >= 0.6 is 0 Å². The minimum Gasteiger partial charge on any atom is -0.405 e. The van der Waals surface area contributed by atoms with E-state index in [4.69, 9.17) is 4.74 Å². The summed E-state index contributed by atoms with van der Waals surface area (Å²) in [5.74, 6) is 0.0740. The van der Waals surface area contributed by atoms with Gasteiger partial charge in [-0.1, -0.05) is 20.4 Å². The fraction of sp³-hybridized carbons (Fsp3) is 0.417. The lowest BCUT2D eigenvalue weighted by Crippen LogP contribution is -2.08. The smallest absolute Gasteiger partial charge is 0.309 e. The van der Waals surface area contributed by atoms with Gasteiger partial charge in [0.15, 0.2) is 0 Å². The summed E-state index contributed by atoms with van der Waals surface area (Å²) < 4.78 is 5.02. The van der Waals surface area contributed by atoms with Crippen molar-refractivity contribution in [2.24, 2.45) is 0 Å². The van der Waals surface area contributed by atoms with Crippen molar-refractivity contribution >= 4 is 11.5 Å². The van der Waals surface area contributed by atoms with Crippen LogP contribution in [-0.4, -0.2) is 15.9 Å². The largest absolute Gasteiger partial charge is 0.405 e. The van der Waals surface area contributed by atoms with Crippen LogP contribution < -0.4 is 4.74 Å². The average Bonchev–Trinajstić information content (AvgIpc) is 2.15.